The van der Waals surface area contributed by atoms with Crippen molar-refractivity contribution < 1.29 is 0 Å². The van der Waals surface area contributed by atoms with Gasteiger partial charge in [-0.3, -0.25) is 0 Å². The van der Waals surface area contributed by atoms with Crippen LogP contribution in [0.3, 0.4) is 0 Å². The van der Waals surface area contributed by atoms with E-state index in [-0.39, 0.29) is 0 Å². The van der Waals surface area contributed by atoms with Gasteiger partial charge in [0.05, 0.1) is 0 Å². The van der Waals surface area contributed by atoms with Crippen LogP contribution in [0.1, 0.15) is 18.5 Å². The first-order chi connectivity index (χ1) is 6.81. The van der Waals surface area contributed by atoms with Gasteiger partial charge in [-0.2, -0.15) is 7.05 Å². The minimum absolute atomic E-state index is 0.291. The molecular formula is C13H14N-. The van der Waals surface area contributed by atoms with Crippen LogP contribution < -0.4 is 0 Å². The largest absolute Gasteiger partial charge is 0.659 e. The summed E-state index contributed by atoms with van der Waals surface area (Å²) in [5.74, 6) is 0. The van der Waals surface area contributed by atoms with E-state index in [0.717, 1.165) is 0 Å². The molecule has 0 aliphatic carbocycles. The zero-order chi connectivity index (χ0) is 9.97. The van der Waals surface area contributed by atoms with Crippen molar-refractivity contribution in [2.75, 3.05) is 7.05 Å². The summed E-state index contributed by atoms with van der Waals surface area (Å²) in [5.41, 5.74) is 1.28. The molecule has 2 rings (SSSR count). The zero-order valence-electron chi connectivity index (χ0n) is 8.57. The maximum absolute atomic E-state index is 4.27. The lowest BCUT2D eigenvalue weighted by Gasteiger charge is -2.23. The van der Waals surface area contributed by atoms with Gasteiger partial charge in [0.15, 0.2) is 0 Å². The van der Waals surface area contributed by atoms with Crippen LogP contribution in [0.2, 0.25) is 0 Å². The number of hydrogen-bond acceptors (Lipinski definition) is 0. The standard InChI is InChI=1S/C13H14N/c1-10(14-2)12-8-7-11-5-3-4-6-13(11)9-12/h3-10H,1-2H3/q-1. The number of rotatable bonds is 2. The van der Waals surface area contributed by atoms with Crippen molar-refractivity contribution in [2.45, 2.75) is 13.0 Å². The van der Waals surface area contributed by atoms with Crippen LogP contribution in [0.25, 0.3) is 16.1 Å². The van der Waals surface area contributed by atoms with Crippen LogP contribution in [-0.2, 0) is 0 Å². The highest BCUT2D eigenvalue weighted by Gasteiger charge is 1.96. The molecule has 0 spiro atoms. The fourth-order valence-corrected chi connectivity index (χ4v) is 1.62. The Hall–Kier alpha value is -1.34. The number of hydrogen-bond donors (Lipinski definition) is 0. The third-order valence-electron chi connectivity index (χ3n) is 2.64. The summed E-state index contributed by atoms with van der Waals surface area (Å²) in [5, 5.41) is 6.85. The Bertz CT molecular complexity index is 434. The topological polar surface area (TPSA) is 14.1 Å². The molecule has 2 aromatic rings. The van der Waals surface area contributed by atoms with E-state index in [2.05, 4.69) is 54.7 Å². The SMILES string of the molecule is C[N-]C(C)c1ccc2ccccc2c1. The van der Waals surface area contributed by atoms with Crippen molar-refractivity contribution in [3.05, 3.63) is 53.3 Å². The lowest BCUT2D eigenvalue weighted by atomic mass is 10.0. The van der Waals surface area contributed by atoms with E-state index in [9.17, 15) is 0 Å². The van der Waals surface area contributed by atoms with Gasteiger partial charge in [0.1, 0.15) is 0 Å². The second-order valence-corrected chi connectivity index (χ2v) is 3.54. The summed E-state index contributed by atoms with van der Waals surface area (Å²) in [7, 11) is 1.86. The Kier molecular flexibility index (Phi) is 2.51. The first-order valence-electron chi connectivity index (χ1n) is 4.89. The second-order valence-electron chi connectivity index (χ2n) is 3.54. The molecule has 1 atom stereocenters. The lowest BCUT2D eigenvalue weighted by molar-refractivity contribution is 0.918. The van der Waals surface area contributed by atoms with Gasteiger partial charge in [-0.05, 0) is 10.8 Å². The van der Waals surface area contributed by atoms with E-state index in [1.165, 1.54) is 16.3 Å². The molecule has 72 valence electrons. The van der Waals surface area contributed by atoms with E-state index >= 15 is 0 Å². The molecule has 14 heavy (non-hydrogen) atoms. The van der Waals surface area contributed by atoms with E-state index in [4.69, 9.17) is 0 Å². The highest BCUT2D eigenvalue weighted by Crippen LogP contribution is 2.23. The Labute approximate surface area is 84.8 Å². The van der Waals surface area contributed by atoms with Crippen molar-refractivity contribution in [2.24, 2.45) is 0 Å². The van der Waals surface area contributed by atoms with Crippen molar-refractivity contribution in [1.29, 1.82) is 0 Å². The molecule has 0 saturated carbocycles. The molecule has 0 heterocycles. The molecule has 0 aliphatic heterocycles. The maximum Gasteiger partial charge on any atom is -0.0182 e. The summed E-state index contributed by atoms with van der Waals surface area (Å²) in [6.45, 7) is 2.12. The molecule has 0 saturated heterocycles. The predicted molar refractivity (Wildman–Crippen MR) is 61.6 cm³/mol. The summed E-state index contributed by atoms with van der Waals surface area (Å²) in [6.07, 6.45) is 0. The van der Waals surface area contributed by atoms with Gasteiger partial charge in [-0.25, -0.2) is 0 Å². The first-order valence-corrected chi connectivity index (χ1v) is 4.89. The molecule has 2 aromatic carbocycles. The Morgan fingerprint density at radius 1 is 1.00 bits per heavy atom. The van der Waals surface area contributed by atoms with Crippen LogP contribution in [0.5, 0.6) is 0 Å². The average Bonchev–Trinajstić information content (AvgIpc) is 2.27. The molecule has 0 bridgehead atoms. The van der Waals surface area contributed by atoms with Gasteiger partial charge in [-0.15, -0.1) is 6.04 Å². The molecule has 0 amide bonds. The Balaban J connectivity index is 2.51. The minimum Gasteiger partial charge on any atom is -0.659 e. The van der Waals surface area contributed by atoms with Crippen molar-refractivity contribution in [1.82, 2.24) is 0 Å². The van der Waals surface area contributed by atoms with Crippen LogP contribution in [0, 0.1) is 0 Å². The summed E-state index contributed by atoms with van der Waals surface area (Å²) in [6, 6.07) is 15.2. The third-order valence-corrected chi connectivity index (χ3v) is 2.64. The molecule has 0 aliphatic rings. The van der Waals surface area contributed by atoms with Crippen molar-refractivity contribution in [3.63, 3.8) is 0 Å². The summed E-state index contributed by atoms with van der Waals surface area (Å²) >= 11 is 0. The van der Waals surface area contributed by atoms with E-state index in [0.29, 0.717) is 6.04 Å². The maximum atomic E-state index is 4.27. The predicted octanol–water partition coefficient (Wildman–Crippen LogP) is 3.90. The van der Waals surface area contributed by atoms with Gasteiger partial charge in [0.25, 0.3) is 0 Å². The van der Waals surface area contributed by atoms with E-state index < -0.39 is 0 Å². The smallest absolute Gasteiger partial charge is 0.0182 e. The highest BCUT2D eigenvalue weighted by molar-refractivity contribution is 5.83. The van der Waals surface area contributed by atoms with E-state index in [1.807, 2.05) is 7.05 Å². The van der Waals surface area contributed by atoms with Crippen LogP contribution in [0.15, 0.2) is 42.5 Å². The van der Waals surface area contributed by atoms with Crippen molar-refractivity contribution in [3.8, 4) is 0 Å². The quantitative estimate of drug-likeness (QED) is 0.672. The fourth-order valence-electron chi connectivity index (χ4n) is 1.62. The van der Waals surface area contributed by atoms with Crippen LogP contribution in [-0.4, -0.2) is 7.05 Å². The molecule has 1 unspecified atom stereocenters. The van der Waals surface area contributed by atoms with Crippen LogP contribution >= 0.6 is 0 Å². The molecule has 0 radical (unpaired) electrons. The highest BCUT2D eigenvalue weighted by atomic mass is 14.8. The van der Waals surface area contributed by atoms with Gasteiger partial charge in [0, 0.05) is 0 Å². The Morgan fingerprint density at radius 2 is 1.71 bits per heavy atom. The summed E-state index contributed by atoms with van der Waals surface area (Å²) < 4.78 is 0. The van der Waals surface area contributed by atoms with Gasteiger partial charge >= 0.3 is 0 Å². The van der Waals surface area contributed by atoms with Gasteiger partial charge < -0.3 is 5.32 Å². The molecule has 1 heteroatoms. The van der Waals surface area contributed by atoms with E-state index in [1.54, 1.807) is 0 Å². The third kappa shape index (κ3) is 1.64. The molecule has 0 fully saturated rings. The lowest BCUT2D eigenvalue weighted by Crippen LogP contribution is -1.89. The molecule has 1 nitrogen and oxygen atoms in total. The van der Waals surface area contributed by atoms with Crippen LogP contribution in [0.4, 0.5) is 0 Å². The monoisotopic (exact) mass is 184 g/mol. The summed E-state index contributed by atoms with van der Waals surface area (Å²) in [4.78, 5) is 0. The van der Waals surface area contributed by atoms with Crippen molar-refractivity contribution >= 4 is 10.8 Å². The zero-order valence-corrected chi connectivity index (χ0v) is 8.57. The Morgan fingerprint density at radius 3 is 2.43 bits per heavy atom. The number of nitrogens with zero attached hydrogens (tertiary/aromatic N) is 1. The van der Waals surface area contributed by atoms with Gasteiger partial charge in [-0.1, -0.05) is 55.0 Å². The molecule has 0 aromatic heterocycles. The number of fused-ring (bicyclic) bond motifs is 1. The first kappa shape index (κ1) is 9.22. The second kappa shape index (κ2) is 3.81. The number of benzene rings is 2. The minimum atomic E-state index is 0.291. The average molecular weight is 184 g/mol. The van der Waals surface area contributed by atoms with Gasteiger partial charge in [0.2, 0.25) is 0 Å². The fraction of sp³-hybridized carbons (Fsp3) is 0.231. The molecule has 0 N–H and O–H groups in total. The molecular weight excluding hydrogens is 170 g/mol. The normalized spacial score (nSPS) is 13.0.